The molecular formula is C34H24N4O4S. The molecule has 43 heavy (non-hydrogen) atoms. The van der Waals surface area contributed by atoms with Crippen molar-refractivity contribution in [3.63, 3.8) is 0 Å². The van der Waals surface area contributed by atoms with Crippen LogP contribution in [0.4, 0.5) is 11.4 Å². The molecule has 0 atom stereocenters. The van der Waals surface area contributed by atoms with Gasteiger partial charge in [-0.3, -0.25) is 29.9 Å². The minimum atomic E-state index is -0.595. The molecule has 1 N–H and O–H groups in total. The summed E-state index contributed by atoms with van der Waals surface area (Å²) in [7, 11) is 0. The highest BCUT2D eigenvalue weighted by atomic mass is 32.1. The van der Waals surface area contributed by atoms with Crippen molar-refractivity contribution in [3.8, 4) is 28.2 Å². The van der Waals surface area contributed by atoms with Crippen molar-refractivity contribution >= 4 is 46.6 Å². The van der Waals surface area contributed by atoms with Crippen LogP contribution < -0.4 is 10.2 Å². The van der Waals surface area contributed by atoms with E-state index in [1.165, 1.54) is 17.0 Å². The van der Waals surface area contributed by atoms with Gasteiger partial charge in [0.05, 0.1) is 22.0 Å². The Kier molecular flexibility index (Phi) is 7.23. The summed E-state index contributed by atoms with van der Waals surface area (Å²) in [5.74, 6) is -1.13. The van der Waals surface area contributed by atoms with Gasteiger partial charge in [-0.15, -0.1) is 0 Å². The maximum Gasteiger partial charge on any atom is 0.270 e. The number of nitrogens with one attached hydrogen (secondary N) is 1. The maximum absolute atomic E-state index is 13.9. The first-order valence-corrected chi connectivity index (χ1v) is 13.8. The summed E-state index contributed by atoms with van der Waals surface area (Å²) in [4.78, 5) is 39.4. The number of nitrogens with zero attached hydrogens (tertiary/aromatic N) is 3. The molecule has 0 saturated carbocycles. The Balaban J connectivity index is 1.60. The lowest BCUT2D eigenvalue weighted by atomic mass is 10.0. The molecular weight excluding hydrogens is 560 g/mol. The number of non-ortho nitro benzene ring substituents is 1. The number of nitro groups is 1. The predicted octanol–water partition coefficient (Wildman–Crippen LogP) is 6.86. The highest BCUT2D eigenvalue weighted by Crippen LogP contribution is 2.38. The summed E-state index contributed by atoms with van der Waals surface area (Å²) in [6, 6.07) is 34.8. The van der Waals surface area contributed by atoms with Gasteiger partial charge in [0.2, 0.25) is 0 Å². The van der Waals surface area contributed by atoms with Crippen LogP contribution in [0, 0.1) is 17.0 Å². The van der Waals surface area contributed by atoms with E-state index >= 15 is 0 Å². The minimum absolute atomic E-state index is 0.00876. The van der Waals surface area contributed by atoms with Gasteiger partial charge in [0.1, 0.15) is 5.57 Å². The van der Waals surface area contributed by atoms with E-state index in [1.807, 2.05) is 96.4 Å². The van der Waals surface area contributed by atoms with Crippen LogP contribution in [0.1, 0.15) is 11.1 Å². The normalized spacial score (nSPS) is 14.2. The van der Waals surface area contributed by atoms with Crippen LogP contribution >= 0.6 is 12.2 Å². The van der Waals surface area contributed by atoms with Crippen LogP contribution in [0.25, 0.3) is 34.3 Å². The van der Waals surface area contributed by atoms with E-state index in [2.05, 4.69) is 5.32 Å². The summed E-state index contributed by atoms with van der Waals surface area (Å²) >= 11 is 5.40. The molecule has 2 heterocycles. The third-order valence-electron chi connectivity index (χ3n) is 7.13. The van der Waals surface area contributed by atoms with E-state index in [1.54, 1.807) is 24.3 Å². The van der Waals surface area contributed by atoms with Crippen molar-refractivity contribution in [2.24, 2.45) is 0 Å². The summed E-state index contributed by atoms with van der Waals surface area (Å²) < 4.78 is 1.98. The summed E-state index contributed by atoms with van der Waals surface area (Å²) in [6.45, 7) is 1.91. The quantitative estimate of drug-likeness (QED) is 0.0773. The Morgan fingerprint density at radius 2 is 1.44 bits per heavy atom. The third-order valence-corrected chi connectivity index (χ3v) is 7.41. The second kappa shape index (κ2) is 11.3. The van der Waals surface area contributed by atoms with Crippen LogP contribution in [-0.4, -0.2) is 26.4 Å². The van der Waals surface area contributed by atoms with Crippen molar-refractivity contribution in [2.45, 2.75) is 6.92 Å². The molecule has 0 bridgehead atoms. The fraction of sp³-hybridized carbons (Fsp3) is 0.0294. The van der Waals surface area contributed by atoms with Gasteiger partial charge in [-0.1, -0.05) is 72.8 Å². The lowest BCUT2D eigenvalue weighted by molar-refractivity contribution is -0.384. The monoisotopic (exact) mass is 584 g/mol. The van der Waals surface area contributed by atoms with Crippen molar-refractivity contribution < 1.29 is 14.5 Å². The van der Waals surface area contributed by atoms with Crippen molar-refractivity contribution in [1.29, 1.82) is 0 Å². The maximum atomic E-state index is 13.9. The number of rotatable bonds is 6. The van der Waals surface area contributed by atoms with E-state index in [0.717, 1.165) is 22.4 Å². The average molecular weight is 585 g/mol. The van der Waals surface area contributed by atoms with Crippen LogP contribution in [0.15, 0.2) is 121 Å². The minimum Gasteiger partial charge on any atom is -0.309 e. The SMILES string of the molecule is Cc1cccc(N2C(=O)C(=Cc3cc(-c4ccccc4)n(-c4ccc([N+](=O)[O-])cc4)c3-c3ccccc3)C(=O)NC2=S)c1. The summed E-state index contributed by atoms with van der Waals surface area (Å²) in [6.07, 6.45) is 1.58. The zero-order valence-corrected chi connectivity index (χ0v) is 23.7. The molecule has 1 aliphatic heterocycles. The van der Waals surface area contributed by atoms with Gasteiger partial charge >= 0.3 is 0 Å². The van der Waals surface area contributed by atoms with Crippen molar-refractivity contribution in [1.82, 2.24) is 9.88 Å². The number of carbonyl (C=O) groups is 2. The fourth-order valence-corrected chi connectivity index (χ4v) is 5.44. The van der Waals surface area contributed by atoms with Crippen LogP contribution in [0.5, 0.6) is 0 Å². The largest absolute Gasteiger partial charge is 0.309 e. The topological polar surface area (TPSA) is 97.5 Å². The Hall–Kier alpha value is -5.67. The number of aromatic nitrogens is 1. The molecule has 0 radical (unpaired) electrons. The second-order valence-corrected chi connectivity index (χ2v) is 10.4. The van der Waals surface area contributed by atoms with E-state index in [9.17, 15) is 19.7 Å². The number of aryl methyl sites for hydroxylation is 1. The van der Waals surface area contributed by atoms with Crippen LogP contribution in [0.2, 0.25) is 0 Å². The van der Waals surface area contributed by atoms with Crippen LogP contribution in [0.3, 0.4) is 0 Å². The molecule has 1 aromatic heterocycles. The first-order valence-electron chi connectivity index (χ1n) is 13.4. The molecule has 210 valence electrons. The number of thiocarbonyl (C=S) groups is 1. The number of benzene rings is 4. The smallest absolute Gasteiger partial charge is 0.270 e. The molecule has 0 unspecified atom stereocenters. The first-order chi connectivity index (χ1) is 20.8. The third kappa shape index (κ3) is 5.25. The molecule has 9 heteroatoms. The molecule has 6 rings (SSSR count). The summed E-state index contributed by atoms with van der Waals surface area (Å²) in [5, 5.41) is 14.1. The second-order valence-electron chi connectivity index (χ2n) is 9.97. The predicted molar refractivity (Wildman–Crippen MR) is 171 cm³/mol. The van der Waals surface area contributed by atoms with Gasteiger partial charge in [0, 0.05) is 23.4 Å². The van der Waals surface area contributed by atoms with Crippen molar-refractivity contribution in [2.75, 3.05) is 4.90 Å². The van der Waals surface area contributed by atoms with E-state index < -0.39 is 16.7 Å². The number of nitro benzene ring substituents is 1. The molecule has 0 spiro atoms. The van der Waals surface area contributed by atoms with Crippen molar-refractivity contribution in [3.05, 3.63) is 142 Å². The fourth-order valence-electron chi connectivity index (χ4n) is 5.16. The molecule has 4 aromatic carbocycles. The van der Waals surface area contributed by atoms with Gasteiger partial charge in [-0.25, -0.2) is 0 Å². The lowest BCUT2D eigenvalue weighted by Crippen LogP contribution is -2.54. The zero-order chi connectivity index (χ0) is 30.1. The Bertz CT molecular complexity index is 1930. The number of hydrogen-bond donors (Lipinski definition) is 1. The molecule has 2 amide bonds. The Morgan fingerprint density at radius 3 is 2.07 bits per heavy atom. The van der Waals surface area contributed by atoms with Gasteiger partial charge in [-0.05, 0) is 72.2 Å². The highest BCUT2D eigenvalue weighted by molar-refractivity contribution is 7.80. The van der Waals surface area contributed by atoms with E-state index in [-0.39, 0.29) is 16.4 Å². The highest BCUT2D eigenvalue weighted by Gasteiger charge is 2.35. The molecule has 1 fully saturated rings. The average Bonchev–Trinajstić information content (AvgIpc) is 3.39. The van der Waals surface area contributed by atoms with Gasteiger partial charge < -0.3 is 4.57 Å². The molecule has 0 aliphatic carbocycles. The zero-order valence-electron chi connectivity index (χ0n) is 22.9. The Labute approximate surface area is 252 Å². The Morgan fingerprint density at radius 1 is 0.791 bits per heavy atom. The van der Waals surface area contributed by atoms with Gasteiger partial charge in [0.15, 0.2) is 5.11 Å². The number of amides is 2. The van der Waals surface area contributed by atoms with E-state index in [4.69, 9.17) is 12.2 Å². The standard InChI is InChI=1S/C34H24N4O4S/c1-22-9-8-14-28(19-22)37-33(40)29(32(39)35-34(37)43)20-25-21-30(23-10-4-2-5-11-23)36(31(25)24-12-6-3-7-13-24)26-15-17-27(18-16-26)38(41)42/h2-21H,1H3,(H,35,39,43). The molecule has 1 aliphatic rings. The molecule has 1 saturated heterocycles. The van der Waals surface area contributed by atoms with Crippen LogP contribution in [-0.2, 0) is 9.59 Å². The molecule has 5 aromatic rings. The molecule has 8 nitrogen and oxygen atoms in total. The number of hydrogen-bond acceptors (Lipinski definition) is 5. The number of carbonyl (C=O) groups excluding carboxylic acids is 2. The summed E-state index contributed by atoms with van der Waals surface area (Å²) in [5.41, 5.74) is 5.85. The lowest BCUT2D eigenvalue weighted by Gasteiger charge is -2.29. The first kappa shape index (κ1) is 27.5. The van der Waals surface area contributed by atoms with Gasteiger partial charge in [0.25, 0.3) is 17.5 Å². The number of anilines is 1. The van der Waals surface area contributed by atoms with E-state index in [0.29, 0.717) is 22.6 Å². The van der Waals surface area contributed by atoms with Gasteiger partial charge in [-0.2, -0.15) is 0 Å².